The van der Waals surface area contributed by atoms with E-state index in [0.717, 1.165) is 0 Å². The minimum Gasteiger partial charge on any atom is -0.508 e. The Bertz CT molecular complexity index is 1010. The van der Waals surface area contributed by atoms with Crippen LogP contribution in [-0.4, -0.2) is 30.1 Å². The van der Waals surface area contributed by atoms with Crippen LogP contribution in [0.25, 0.3) is 17.1 Å². The largest absolute Gasteiger partial charge is 0.508 e. The second-order valence-electron chi connectivity index (χ2n) is 6.24. The van der Waals surface area contributed by atoms with Crippen molar-refractivity contribution in [3.63, 3.8) is 0 Å². The van der Waals surface area contributed by atoms with Gasteiger partial charge in [0.15, 0.2) is 10.6 Å². The summed E-state index contributed by atoms with van der Waals surface area (Å²) >= 11 is 5.34. The summed E-state index contributed by atoms with van der Waals surface area (Å²) in [6.07, 6.45) is 0. The maximum absolute atomic E-state index is 10.3. The zero-order valence-corrected chi connectivity index (χ0v) is 14.9. The standard InChI is InChI=1S/C18H19N3O3S/c1-9(2)12-7-13(16(24)8-15(12)23)17-19-20-18(25)21(17)11-4-5-14(22)10(3)6-11/h4-9,22-24H,1-3H3,(H,20,25). The van der Waals surface area contributed by atoms with Crippen LogP contribution in [0.1, 0.15) is 30.9 Å². The minimum atomic E-state index is -0.0901. The summed E-state index contributed by atoms with van der Waals surface area (Å²) in [6.45, 7) is 5.70. The normalized spacial score (nSPS) is 11.2. The Hall–Kier alpha value is -2.80. The number of nitrogens with one attached hydrogen (secondary N) is 1. The Morgan fingerprint density at radius 2 is 1.76 bits per heavy atom. The van der Waals surface area contributed by atoms with Gasteiger partial charge in [0, 0.05) is 6.07 Å². The number of benzene rings is 2. The quantitative estimate of drug-likeness (QED) is 0.528. The number of hydrogen-bond donors (Lipinski definition) is 4. The lowest BCUT2D eigenvalue weighted by atomic mass is 9.98. The predicted octanol–water partition coefficient (Wildman–Crippen LogP) is 4.15. The third-order valence-corrected chi connectivity index (χ3v) is 4.39. The highest BCUT2D eigenvalue weighted by molar-refractivity contribution is 7.71. The monoisotopic (exact) mass is 357 g/mol. The van der Waals surface area contributed by atoms with E-state index < -0.39 is 0 Å². The van der Waals surface area contributed by atoms with E-state index in [1.54, 1.807) is 35.8 Å². The van der Waals surface area contributed by atoms with Gasteiger partial charge in [0.25, 0.3) is 0 Å². The second kappa shape index (κ2) is 6.25. The predicted molar refractivity (Wildman–Crippen MR) is 98.0 cm³/mol. The van der Waals surface area contributed by atoms with Gasteiger partial charge < -0.3 is 15.3 Å². The van der Waals surface area contributed by atoms with Crippen molar-refractivity contribution in [2.75, 3.05) is 0 Å². The third-order valence-electron chi connectivity index (χ3n) is 4.12. The van der Waals surface area contributed by atoms with E-state index in [1.807, 2.05) is 13.8 Å². The number of aromatic nitrogens is 3. The van der Waals surface area contributed by atoms with Gasteiger partial charge in [0.05, 0.1) is 11.3 Å². The highest BCUT2D eigenvalue weighted by Gasteiger charge is 2.18. The summed E-state index contributed by atoms with van der Waals surface area (Å²) in [4.78, 5) is 0. The number of hydrogen-bond acceptors (Lipinski definition) is 5. The summed E-state index contributed by atoms with van der Waals surface area (Å²) in [7, 11) is 0. The Balaban J connectivity index is 2.25. The lowest BCUT2D eigenvalue weighted by Crippen LogP contribution is -2.00. The number of phenols is 3. The molecule has 0 saturated heterocycles. The molecule has 0 fully saturated rings. The smallest absolute Gasteiger partial charge is 0.200 e. The fourth-order valence-corrected chi connectivity index (χ4v) is 2.97. The van der Waals surface area contributed by atoms with Crippen LogP contribution in [0.5, 0.6) is 17.2 Å². The number of aromatic hydroxyl groups is 3. The van der Waals surface area contributed by atoms with E-state index in [2.05, 4.69) is 10.2 Å². The highest BCUT2D eigenvalue weighted by atomic mass is 32.1. The number of phenolic OH excluding ortho intramolecular Hbond substituents is 3. The van der Waals surface area contributed by atoms with Gasteiger partial charge in [-0.15, -0.1) is 0 Å². The number of rotatable bonds is 3. The van der Waals surface area contributed by atoms with Crippen LogP contribution in [0, 0.1) is 11.7 Å². The van der Waals surface area contributed by atoms with Crippen molar-refractivity contribution in [3.8, 4) is 34.3 Å². The fourth-order valence-electron chi connectivity index (χ4n) is 2.73. The van der Waals surface area contributed by atoms with Crippen molar-refractivity contribution in [1.29, 1.82) is 0 Å². The molecular formula is C18H19N3O3S. The molecule has 0 bridgehead atoms. The van der Waals surface area contributed by atoms with Crippen molar-refractivity contribution in [2.24, 2.45) is 0 Å². The van der Waals surface area contributed by atoms with Crippen LogP contribution in [0.3, 0.4) is 0 Å². The summed E-state index contributed by atoms with van der Waals surface area (Å²) in [5, 5.41) is 37.1. The Labute approximate surface area is 150 Å². The molecule has 0 radical (unpaired) electrons. The molecule has 0 saturated carbocycles. The van der Waals surface area contributed by atoms with Gasteiger partial charge in [0.2, 0.25) is 0 Å². The van der Waals surface area contributed by atoms with Gasteiger partial charge >= 0.3 is 0 Å². The molecule has 0 aliphatic carbocycles. The van der Waals surface area contributed by atoms with E-state index in [0.29, 0.717) is 33.0 Å². The molecule has 6 nitrogen and oxygen atoms in total. The first-order valence-electron chi connectivity index (χ1n) is 7.83. The summed E-state index contributed by atoms with van der Waals surface area (Å²) in [5.74, 6) is 0.639. The summed E-state index contributed by atoms with van der Waals surface area (Å²) < 4.78 is 2.04. The molecule has 1 aromatic heterocycles. The molecule has 0 spiro atoms. The van der Waals surface area contributed by atoms with E-state index in [1.165, 1.54) is 6.07 Å². The van der Waals surface area contributed by atoms with E-state index in [-0.39, 0.29) is 23.2 Å². The van der Waals surface area contributed by atoms with E-state index >= 15 is 0 Å². The summed E-state index contributed by atoms with van der Waals surface area (Å²) in [5.41, 5.74) is 2.57. The van der Waals surface area contributed by atoms with Crippen molar-refractivity contribution in [1.82, 2.24) is 14.8 Å². The molecule has 4 N–H and O–H groups in total. The van der Waals surface area contributed by atoms with Crippen LogP contribution in [0.15, 0.2) is 30.3 Å². The van der Waals surface area contributed by atoms with E-state index in [9.17, 15) is 15.3 Å². The van der Waals surface area contributed by atoms with Gasteiger partial charge in [-0.3, -0.25) is 9.67 Å². The molecule has 3 rings (SSSR count). The van der Waals surface area contributed by atoms with Gasteiger partial charge in [-0.2, -0.15) is 5.10 Å². The van der Waals surface area contributed by atoms with Crippen molar-refractivity contribution >= 4 is 12.2 Å². The average Bonchev–Trinajstić information content (AvgIpc) is 2.91. The van der Waals surface area contributed by atoms with Gasteiger partial charge in [-0.05, 0) is 60.5 Å². The Morgan fingerprint density at radius 3 is 2.40 bits per heavy atom. The van der Waals surface area contributed by atoms with Gasteiger partial charge in [-0.1, -0.05) is 13.8 Å². The van der Waals surface area contributed by atoms with Crippen molar-refractivity contribution < 1.29 is 15.3 Å². The molecule has 2 aromatic carbocycles. The number of nitrogens with zero attached hydrogens (tertiary/aromatic N) is 2. The zero-order valence-electron chi connectivity index (χ0n) is 14.1. The van der Waals surface area contributed by atoms with Crippen molar-refractivity contribution in [2.45, 2.75) is 26.7 Å². The first-order valence-corrected chi connectivity index (χ1v) is 8.24. The SMILES string of the molecule is Cc1cc(-n2c(-c3cc(C(C)C)c(O)cc3O)n[nH]c2=S)ccc1O. The number of H-pyrrole nitrogens is 1. The minimum absolute atomic E-state index is 0.0393. The lowest BCUT2D eigenvalue weighted by molar-refractivity contribution is 0.444. The molecule has 0 aliphatic heterocycles. The van der Waals surface area contributed by atoms with Crippen LogP contribution in [-0.2, 0) is 0 Å². The molecule has 0 unspecified atom stereocenters. The molecule has 0 amide bonds. The molecule has 1 heterocycles. The van der Waals surface area contributed by atoms with E-state index in [4.69, 9.17) is 12.2 Å². The maximum atomic E-state index is 10.3. The molecule has 0 aliphatic rings. The Morgan fingerprint density at radius 1 is 1.04 bits per heavy atom. The molecule has 7 heteroatoms. The topological polar surface area (TPSA) is 94.3 Å². The Kier molecular flexibility index (Phi) is 4.26. The summed E-state index contributed by atoms with van der Waals surface area (Å²) in [6, 6.07) is 8.11. The maximum Gasteiger partial charge on any atom is 0.200 e. The van der Waals surface area contributed by atoms with Gasteiger partial charge in [0.1, 0.15) is 17.2 Å². The highest BCUT2D eigenvalue weighted by Crippen LogP contribution is 2.38. The first kappa shape index (κ1) is 17.0. The van der Waals surface area contributed by atoms with Crippen LogP contribution in [0.4, 0.5) is 0 Å². The fraction of sp³-hybridized carbons (Fsp3) is 0.222. The van der Waals surface area contributed by atoms with Crippen LogP contribution < -0.4 is 0 Å². The molecule has 3 aromatic rings. The third kappa shape index (κ3) is 2.98. The van der Waals surface area contributed by atoms with Crippen LogP contribution >= 0.6 is 12.2 Å². The molecule has 130 valence electrons. The molecular weight excluding hydrogens is 338 g/mol. The molecule has 0 atom stereocenters. The zero-order chi connectivity index (χ0) is 18.3. The van der Waals surface area contributed by atoms with Crippen LogP contribution in [0.2, 0.25) is 0 Å². The molecule has 25 heavy (non-hydrogen) atoms. The number of aryl methyl sites for hydroxylation is 1. The number of aromatic amines is 1. The lowest BCUT2D eigenvalue weighted by Gasteiger charge is -2.14. The first-order chi connectivity index (χ1) is 11.8. The van der Waals surface area contributed by atoms with Crippen molar-refractivity contribution in [3.05, 3.63) is 46.2 Å². The second-order valence-corrected chi connectivity index (χ2v) is 6.63. The average molecular weight is 357 g/mol. The van der Waals surface area contributed by atoms with Gasteiger partial charge in [-0.25, -0.2) is 0 Å².